The van der Waals surface area contributed by atoms with Gasteiger partial charge in [0, 0.05) is 15.7 Å². The first-order chi connectivity index (χ1) is 15.8. The Hall–Kier alpha value is -2.90. The number of halogens is 3. The van der Waals surface area contributed by atoms with Crippen molar-refractivity contribution in [2.24, 2.45) is 5.92 Å². The number of hydrogen-bond donors (Lipinski definition) is 0. The van der Waals surface area contributed by atoms with Crippen LogP contribution in [0.15, 0.2) is 77.3 Å². The van der Waals surface area contributed by atoms with Gasteiger partial charge in [0.05, 0.1) is 25.3 Å². The lowest BCUT2D eigenvalue weighted by Gasteiger charge is -2.25. The number of allylic oxidation sites excluding steroid dienone is 3. The summed E-state index contributed by atoms with van der Waals surface area (Å²) < 4.78 is 28.3. The van der Waals surface area contributed by atoms with Gasteiger partial charge in [0.25, 0.3) is 0 Å². The summed E-state index contributed by atoms with van der Waals surface area (Å²) in [5, 5.41) is -2.00. The van der Waals surface area contributed by atoms with Gasteiger partial charge >= 0.3 is 5.97 Å². The van der Waals surface area contributed by atoms with Crippen LogP contribution in [0.2, 0.25) is 0 Å². The second-order valence-electron chi connectivity index (χ2n) is 7.54. The molecule has 0 radical (unpaired) electrons. The Bertz CT molecular complexity index is 1250. The normalized spacial score (nSPS) is 19.5. The monoisotopic (exact) mass is 530 g/mol. The zero-order valence-electron chi connectivity index (χ0n) is 18.0. The van der Waals surface area contributed by atoms with E-state index in [4.69, 9.17) is 21.1 Å². The van der Waals surface area contributed by atoms with Crippen LogP contribution in [0.1, 0.15) is 16.2 Å². The maximum Gasteiger partial charge on any atom is 0.356 e. The molecule has 33 heavy (non-hydrogen) atoms. The van der Waals surface area contributed by atoms with Crippen LogP contribution in [-0.2, 0) is 4.74 Å². The number of hydrogen-bond acceptors (Lipinski definition) is 4. The average molecular weight is 532 g/mol. The number of aryl methyl sites for hydroxylation is 1. The first-order valence-electron chi connectivity index (χ1n) is 10.2. The zero-order chi connectivity index (χ0) is 23.6. The number of nitrogens with zero attached hydrogens (tertiary/aromatic N) is 2. The number of carbonyl (C=O) groups excluding carboxylic acids is 1. The Morgan fingerprint density at radius 2 is 2.06 bits per heavy atom. The fraction of sp³-hybridized carbons (Fsp3) is 0.200. The number of rotatable bonds is 6. The van der Waals surface area contributed by atoms with Crippen LogP contribution in [0.5, 0.6) is 5.75 Å². The lowest BCUT2D eigenvalue weighted by atomic mass is 9.99. The largest absolute Gasteiger partial charge is 0.492 e. The molecule has 0 N–H and O–H groups in total. The van der Waals surface area contributed by atoms with Gasteiger partial charge in [-0.15, -0.1) is 0 Å². The van der Waals surface area contributed by atoms with E-state index in [2.05, 4.69) is 20.9 Å². The van der Waals surface area contributed by atoms with Crippen molar-refractivity contribution in [2.45, 2.75) is 12.1 Å². The van der Waals surface area contributed by atoms with Crippen LogP contribution >= 0.6 is 27.5 Å². The van der Waals surface area contributed by atoms with Gasteiger partial charge in [0.1, 0.15) is 11.6 Å². The number of carbonyl (C=O) groups is 1. The minimum Gasteiger partial charge on any atom is -0.492 e. The number of alkyl halides is 2. The Balaban J connectivity index is 1.73. The summed E-state index contributed by atoms with van der Waals surface area (Å²) in [4.78, 5) is 16.5. The van der Waals surface area contributed by atoms with Crippen molar-refractivity contribution >= 4 is 33.5 Å². The average Bonchev–Trinajstić information content (AvgIpc) is 3.19. The molecule has 0 saturated carbocycles. The summed E-state index contributed by atoms with van der Waals surface area (Å²) in [7, 11) is 1.32. The Morgan fingerprint density at radius 1 is 1.24 bits per heavy atom. The number of benzene rings is 1. The van der Waals surface area contributed by atoms with Crippen molar-refractivity contribution in [3.8, 4) is 22.8 Å². The van der Waals surface area contributed by atoms with Crippen LogP contribution in [-0.4, -0.2) is 34.4 Å². The third-order valence-corrected chi connectivity index (χ3v) is 6.24. The predicted molar refractivity (Wildman–Crippen MR) is 130 cm³/mol. The highest BCUT2D eigenvalue weighted by Gasteiger charge is 2.34. The Kier molecular flexibility index (Phi) is 6.72. The molecule has 0 saturated heterocycles. The molecular weight excluding hydrogens is 511 g/mol. The van der Waals surface area contributed by atoms with Crippen LogP contribution in [0.25, 0.3) is 17.1 Å². The second-order valence-corrected chi connectivity index (χ2v) is 9.04. The van der Waals surface area contributed by atoms with E-state index in [0.717, 1.165) is 21.4 Å². The van der Waals surface area contributed by atoms with Crippen LogP contribution < -0.4 is 4.74 Å². The first-order valence-corrected chi connectivity index (χ1v) is 11.4. The predicted octanol–water partition coefficient (Wildman–Crippen LogP) is 6.42. The van der Waals surface area contributed by atoms with E-state index >= 15 is 0 Å². The van der Waals surface area contributed by atoms with E-state index in [0.29, 0.717) is 11.6 Å². The highest BCUT2D eigenvalue weighted by Crippen LogP contribution is 2.38. The summed E-state index contributed by atoms with van der Waals surface area (Å²) in [6, 6.07) is 14.7. The smallest absolute Gasteiger partial charge is 0.356 e. The van der Waals surface area contributed by atoms with Crippen LogP contribution in [0.3, 0.4) is 0 Å². The van der Waals surface area contributed by atoms with E-state index in [1.54, 1.807) is 30.4 Å². The Morgan fingerprint density at radius 3 is 2.82 bits per heavy atom. The number of esters is 1. The van der Waals surface area contributed by atoms with Crippen molar-refractivity contribution in [1.29, 1.82) is 0 Å². The lowest BCUT2D eigenvalue weighted by Crippen LogP contribution is -2.29. The highest BCUT2D eigenvalue weighted by atomic mass is 79.9. The standard InChI is InChI=1S/C25H21BrClFN2O3/c1-16-9-11-21(30(16)23-8-5-7-20(29-23)24(31)32-2)19-14-18(26)10-12-22(19)33-15-17-6-3-4-13-25(17,27)28/h3-14,17H,15H2,1-2H3. The maximum atomic E-state index is 14.6. The minimum atomic E-state index is -2.00. The quantitative estimate of drug-likeness (QED) is 0.272. The van der Waals surface area contributed by atoms with Gasteiger partial charge in [0.15, 0.2) is 5.69 Å². The van der Waals surface area contributed by atoms with E-state index in [-0.39, 0.29) is 12.3 Å². The summed E-state index contributed by atoms with van der Waals surface area (Å²) in [5.74, 6) is -0.0186. The molecule has 0 bridgehead atoms. The second kappa shape index (κ2) is 9.53. The third kappa shape index (κ3) is 4.89. The molecule has 1 aliphatic rings. The van der Waals surface area contributed by atoms with Crippen molar-refractivity contribution in [2.75, 3.05) is 13.7 Å². The topological polar surface area (TPSA) is 53.4 Å². The van der Waals surface area contributed by atoms with Crippen LogP contribution in [0, 0.1) is 12.8 Å². The Labute approximate surface area is 204 Å². The lowest BCUT2D eigenvalue weighted by molar-refractivity contribution is 0.0594. The van der Waals surface area contributed by atoms with Gasteiger partial charge in [-0.1, -0.05) is 51.8 Å². The van der Waals surface area contributed by atoms with Gasteiger partial charge in [-0.25, -0.2) is 14.2 Å². The van der Waals surface area contributed by atoms with Crippen LogP contribution in [0.4, 0.5) is 4.39 Å². The van der Waals surface area contributed by atoms with E-state index in [1.807, 2.05) is 47.9 Å². The van der Waals surface area contributed by atoms with Gasteiger partial charge in [-0.2, -0.15) is 0 Å². The van der Waals surface area contributed by atoms with Gasteiger partial charge < -0.3 is 9.47 Å². The molecule has 170 valence electrons. The fourth-order valence-electron chi connectivity index (χ4n) is 3.63. The molecule has 4 rings (SSSR count). The number of methoxy groups -OCH3 is 1. The van der Waals surface area contributed by atoms with E-state index in [1.165, 1.54) is 13.2 Å². The molecule has 5 nitrogen and oxygen atoms in total. The molecule has 2 atom stereocenters. The fourth-order valence-corrected chi connectivity index (χ4v) is 4.20. The van der Waals surface area contributed by atoms with Crippen molar-refractivity contribution < 1.29 is 18.7 Å². The summed E-state index contributed by atoms with van der Waals surface area (Å²) in [6.07, 6.45) is 6.35. The number of aromatic nitrogens is 2. The summed E-state index contributed by atoms with van der Waals surface area (Å²) in [5.41, 5.74) is 2.69. The molecule has 2 aromatic heterocycles. The highest BCUT2D eigenvalue weighted by molar-refractivity contribution is 9.10. The first kappa shape index (κ1) is 23.3. The molecule has 0 fully saturated rings. The van der Waals surface area contributed by atoms with E-state index in [9.17, 15) is 9.18 Å². The summed E-state index contributed by atoms with van der Waals surface area (Å²) in [6.45, 7) is 2.00. The molecule has 8 heteroatoms. The molecule has 0 aliphatic heterocycles. The van der Waals surface area contributed by atoms with E-state index < -0.39 is 17.0 Å². The molecule has 1 aromatic carbocycles. The van der Waals surface area contributed by atoms with Gasteiger partial charge in [-0.05, 0) is 55.5 Å². The van der Waals surface area contributed by atoms with Gasteiger partial charge in [0.2, 0.25) is 5.13 Å². The third-order valence-electron chi connectivity index (χ3n) is 5.34. The molecule has 2 heterocycles. The molecule has 1 aliphatic carbocycles. The van der Waals surface area contributed by atoms with Crippen molar-refractivity contribution in [1.82, 2.24) is 9.55 Å². The minimum absolute atomic E-state index is 0.0608. The molecule has 0 amide bonds. The zero-order valence-corrected chi connectivity index (χ0v) is 20.3. The van der Waals surface area contributed by atoms with Gasteiger partial charge in [-0.3, -0.25) is 4.57 Å². The van der Waals surface area contributed by atoms with Crippen molar-refractivity contribution in [3.63, 3.8) is 0 Å². The molecule has 0 spiro atoms. The number of ether oxygens (including phenoxy) is 2. The maximum absolute atomic E-state index is 14.6. The molecule has 3 aromatic rings. The summed E-state index contributed by atoms with van der Waals surface area (Å²) >= 11 is 9.53. The van der Waals surface area contributed by atoms with Crippen molar-refractivity contribution in [3.05, 3.63) is 88.7 Å². The SMILES string of the molecule is COC(=O)c1cccc(-n2c(C)ccc2-c2cc(Br)ccc2OCC2C=CC=CC2(F)Cl)n1. The number of pyridine rings is 1. The molecular formula is C25H21BrClFN2O3. The molecule has 2 unspecified atom stereocenters.